The van der Waals surface area contributed by atoms with Crippen LogP contribution in [0.4, 0.5) is 4.39 Å². The first-order valence-electron chi connectivity index (χ1n) is 8.41. The van der Waals surface area contributed by atoms with Gasteiger partial charge in [0, 0.05) is 19.0 Å². The number of nitrogens with zero attached hydrogens (tertiary/aromatic N) is 2. The zero-order chi connectivity index (χ0) is 18.3. The molecule has 1 aromatic heterocycles. The molecule has 1 amide bonds. The first-order valence-corrected chi connectivity index (χ1v) is 9.17. The van der Waals surface area contributed by atoms with E-state index in [2.05, 4.69) is 9.97 Å². The fourth-order valence-corrected chi connectivity index (χ4v) is 3.87. The third kappa shape index (κ3) is 3.17. The lowest BCUT2D eigenvalue weighted by Gasteiger charge is -2.32. The minimum atomic E-state index is -0.648. The highest BCUT2D eigenvalue weighted by Gasteiger charge is 2.28. The van der Waals surface area contributed by atoms with Gasteiger partial charge in [-0.2, -0.15) is 0 Å². The first kappa shape index (κ1) is 17.3. The maximum absolute atomic E-state index is 13.8. The molecule has 0 spiro atoms. The van der Waals surface area contributed by atoms with E-state index in [1.54, 1.807) is 4.90 Å². The molecular formula is C19H16Cl2FN3O. The summed E-state index contributed by atoms with van der Waals surface area (Å²) in [7, 11) is 0. The van der Waals surface area contributed by atoms with Gasteiger partial charge in [-0.3, -0.25) is 4.79 Å². The Kier molecular flexibility index (Phi) is 4.59. The standard InChI is InChI=1S/C19H16Cl2FN3O/c20-13-9-14(21)15(22)8-12(13)19(26)25-7-3-4-11(10-25)18-23-16-5-1-2-6-17(16)24-18/h1-2,5-6,8-9,11H,3-4,7,10H2,(H,23,24). The molecular weight excluding hydrogens is 376 g/mol. The molecule has 7 heteroatoms. The average Bonchev–Trinajstić information content (AvgIpc) is 3.08. The summed E-state index contributed by atoms with van der Waals surface area (Å²) in [6.45, 7) is 1.12. The summed E-state index contributed by atoms with van der Waals surface area (Å²) in [5, 5.41) is 0.0672. The van der Waals surface area contributed by atoms with Crippen molar-refractivity contribution in [1.82, 2.24) is 14.9 Å². The number of benzene rings is 2. The smallest absolute Gasteiger partial charge is 0.255 e. The highest BCUT2D eigenvalue weighted by Crippen LogP contribution is 2.30. The predicted octanol–water partition coefficient (Wildman–Crippen LogP) is 5.03. The van der Waals surface area contributed by atoms with Crippen molar-refractivity contribution in [3.63, 3.8) is 0 Å². The van der Waals surface area contributed by atoms with Crippen molar-refractivity contribution in [1.29, 1.82) is 0 Å². The van der Waals surface area contributed by atoms with Crippen LogP contribution in [0, 0.1) is 5.82 Å². The number of imidazole rings is 1. The van der Waals surface area contributed by atoms with Gasteiger partial charge in [-0.1, -0.05) is 35.3 Å². The lowest BCUT2D eigenvalue weighted by molar-refractivity contribution is 0.0704. The number of hydrogen-bond acceptors (Lipinski definition) is 2. The summed E-state index contributed by atoms with van der Waals surface area (Å²) in [4.78, 5) is 22.5. The number of aromatic amines is 1. The monoisotopic (exact) mass is 391 g/mol. The van der Waals surface area contributed by atoms with Gasteiger partial charge in [0.1, 0.15) is 11.6 Å². The largest absolute Gasteiger partial charge is 0.342 e. The zero-order valence-electron chi connectivity index (χ0n) is 13.8. The molecule has 1 saturated heterocycles. The van der Waals surface area contributed by atoms with Gasteiger partial charge in [0.2, 0.25) is 0 Å². The second-order valence-corrected chi connectivity index (χ2v) is 7.29. The van der Waals surface area contributed by atoms with Crippen molar-refractivity contribution < 1.29 is 9.18 Å². The zero-order valence-corrected chi connectivity index (χ0v) is 15.3. The molecule has 0 radical (unpaired) electrons. The number of H-pyrrole nitrogens is 1. The van der Waals surface area contributed by atoms with Gasteiger partial charge < -0.3 is 9.88 Å². The van der Waals surface area contributed by atoms with Gasteiger partial charge in [0.05, 0.1) is 26.6 Å². The van der Waals surface area contributed by atoms with Crippen molar-refractivity contribution in [3.05, 3.63) is 63.6 Å². The molecule has 3 aromatic rings. The van der Waals surface area contributed by atoms with E-state index < -0.39 is 5.82 Å². The lowest BCUT2D eigenvalue weighted by atomic mass is 9.96. The van der Waals surface area contributed by atoms with Crippen LogP contribution in [0.3, 0.4) is 0 Å². The molecule has 1 N–H and O–H groups in total. The van der Waals surface area contributed by atoms with E-state index in [1.807, 2.05) is 24.3 Å². The number of halogens is 3. The van der Waals surface area contributed by atoms with Crippen LogP contribution in [0.2, 0.25) is 10.0 Å². The third-order valence-corrected chi connectivity index (χ3v) is 5.35. The Morgan fingerprint density at radius 2 is 2.04 bits per heavy atom. The quantitative estimate of drug-likeness (QED) is 0.622. The van der Waals surface area contributed by atoms with Gasteiger partial charge in [-0.05, 0) is 37.1 Å². The van der Waals surface area contributed by atoms with E-state index >= 15 is 0 Å². The number of rotatable bonds is 2. The van der Waals surface area contributed by atoms with Gasteiger partial charge in [0.25, 0.3) is 5.91 Å². The van der Waals surface area contributed by atoms with Crippen molar-refractivity contribution in [2.75, 3.05) is 13.1 Å². The SMILES string of the molecule is O=C(c1cc(F)c(Cl)cc1Cl)N1CCCC(c2nc3ccccc3[nH]2)C1. The number of amides is 1. The van der Waals surface area contributed by atoms with Crippen molar-refractivity contribution in [2.24, 2.45) is 0 Å². The molecule has 1 aliphatic rings. The number of piperidine rings is 1. The van der Waals surface area contributed by atoms with Gasteiger partial charge in [0.15, 0.2) is 0 Å². The van der Waals surface area contributed by atoms with Gasteiger partial charge >= 0.3 is 0 Å². The lowest BCUT2D eigenvalue weighted by Crippen LogP contribution is -2.39. The van der Waals surface area contributed by atoms with Crippen LogP contribution in [0.15, 0.2) is 36.4 Å². The Morgan fingerprint density at radius 1 is 1.23 bits per heavy atom. The molecule has 0 saturated carbocycles. The van der Waals surface area contributed by atoms with Crippen LogP contribution in [-0.4, -0.2) is 33.9 Å². The fourth-order valence-electron chi connectivity index (χ4n) is 3.41. The highest BCUT2D eigenvalue weighted by molar-refractivity contribution is 6.36. The van der Waals surface area contributed by atoms with E-state index in [0.717, 1.165) is 35.8 Å². The van der Waals surface area contributed by atoms with E-state index in [4.69, 9.17) is 23.2 Å². The number of carbonyl (C=O) groups excluding carboxylic acids is 1. The van der Waals surface area contributed by atoms with Crippen LogP contribution >= 0.6 is 23.2 Å². The molecule has 134 valence electrons. The van der Waals surface area contributed by atoms with Crippen LogP contribution in [0.25, 0.3) is 11.0 Å². The number of para-hydroxylation sites is 2. The minimum Gasteiger partial charge on any atom is -0.342 e. The maximum Gasteiger partial charge on any atom is 0.255 e. The molecule has 0 bridgehead atoms. The third-order valence-electron chi connectivity index (χ3n) is 4.74. The summed E-state index contributed by atoms with van der Waals surface area (Å²) in [6.07, 6.45) is 1.79. The van der Waals surface area contributed by atoms with Crippen molar-refractivity contribution >= 4 is 40.1 Å². The maximum atomic E-state index is 13.8. The topological polar surface area (TPSA) is 49.0 Å². The minimum absolute atomic E-state index is 0.0923. The Balaban J connectivity index is 1.58. The van der Waals surface area contributed by atoms with Crippen molar-refractivity contribution in [2.45, 2.75) is 18.8 Å². The molecule has 1 unspecified atom stereocenters. The Labute approximate surface area is 159 Å². The number of hydrogen-bond donors (Lipinski definition) is 1. The number of aromatic nitrogens is 2. The summed E-state index contributed by atoms with van der Waals surface area (Å²) in [5.41, 5.74) is 2.03. The molecule has 2 heterocycles. The van der Waals surface area contributed by atoms with Crippen LogP contribution in [0.5, 0.6) is 0 Å². The van der Waals surface area contributed by atoms with E-state index in [1.165, 1.54) is 6.07 Å². The van der Waals surface area contributed by atoms with E-state index in [-0.39, 0.29) is 27.4 Å². The predicted molar refractivity (Wildman–Crippen MR) is 100 cm³/mol. The van der Waals surface area contributed by atoms with Gasteiger partial charge in [-0.15, -0.1) is 0 Å². The molecule has 2 aromatic carbocycles. The Bertz CT molecular complexity index is 955. The number of carbonyl (C=O) groups is 1. The Morgan fingerprint density at radius 3 is 2.85 bits per heavy atom. The molecule has 0 aliphatic carbocycles. The molecule has 4 rings (SSSR count). The number of fused-ring (bicyclic) bond motifs is 1. The summed E-state index contributed by atoms with van der Waals surface area (Å²) < 4.78 is 13.8. The highest BCUT2D eigenvalue weighted by atomic mass is 35.5. The molecule has 26 heavy (non-hydrogen) atoms. The van der Waals surface area contributed by atoms with Crippen LogP contribution in [0.1, 0.15) is 34.9 Å². The average molecular weight is 392 g/mol. The molecule has 1 aliphatic heterocycles. The van der Waals surface area contributed by atoms with Crippen LogP contribution in [-0.2, 0) is 0 Å². The normalized spacial score (nSPS) is 17.7. The van der Waals surface area contributed by atoms with Gasteiger partial charge in [-0.25, -0.2) is 9.37 Å². The van der Waals surface area contributed by atoms with E-state index in [0.29, 0.717) is 13.1 Å². The van der Waals surface area contributed by atoms with Crippen molar-refractivity contribution in [3.8, 4) is 0 Å². The second kappa shape index (κ2) is 6.89. The summed E-state index contributed by atoms with van der Waals surface area (Å²) in [5.74, 6) is 0.0461. The second-order valence-electron chi connectivity index (χ2n) is 6.48. The number of nitrogens with one attached hydrogen (secondary N) is 1. The number of likely N-dealkylation sites (tertiary alicyclic amines) is 1. The van der Waals surface area contributed by atoms with E-state index in [9.17, 15) is 9.18 Å². The Hall–Kier alpha value is -2.11. The molecule has 1 fully saturated rings. The first-order chi connectivity index (χ1) is 12.5. The van der Waals surface area contributed by atoms with Crippen LogP contribution < -0.4 is 0 Å². The molecule has 4 nitrogen and oxygen atoms in total. The fraction of sp³-hybridized carbons (Fsp3) is 0.263. The summed E-state index contributed by atoms with van der Waals surface area (Å²) >= 11 is 11.8. The molecule has 1 atom stereocenters. The summed E-state index contributed by atoms with van der Waals surface area (Å²) in [6, 6.07) is 10.2.